The van der Waals surface area contributed by atoms with Crippen LogP contribution in [0.5, 0.6) is 5.75 Å². The first kappa shape index (κ1) is 25.1. The van der Waals surface area contributed by atoms with E-state index in [1.54, 1.807) is 24.3 Å². The lowest BCUT2D eigenvalue weighted by Crippen LogP contribution is -2.15. The molecule has 0 atom stereocenters. The molecule has 7 nitrogen and oxygen atoms in total. The van der Waals surface area contributed by atoms with Gasteiger partial charge >= 0.3 is 0 Å². The largest absolute Gasteiger partial charge is 0.507 e. The zero-order chi connectivity index (χ0) is 27.4. The third-order valence-electron chi connectivity index (χ3n) is 6.28. The highest BCUT2D eigenvalue weighted by Gasteiger charge is 2.16. The van der Waals surface area contributed by atoms with Crippen LogP contribution in [0.1, 0.15) is 20.7 Å². The second-order valence-electron chi connectivity index (χ2n) is 9.04. The summed E-state index contributed by atoms with van der Waals surface area (Å²) in [5.74, 6) is -1.16. The van der Waals surface area contributed by atoms with Crippen molar-refractivity contribution in [2.24, 2.45) is 0 Å². The monoisotopic (exact) mass is 514 g/mol. The maximum Gasteiger partial charge on any atom is 0.259 e. The molecule has 0 aliphatic carbocycles. The van der Waals surface area contributed by atoms with E-state index in [9.17, 15) is 14.7 Å². The highest BCUT2D eigenvalue weighted by molar-refractivity contribution is 6.10. The molecule has 5 aromatic rings. The van der Waals surface area contributed by atoms with Crippen molar-refractivity contribution in [3.8, 4) is 28.0 Å². The molecule has 0 aliphatic rings. The number of phenols is 1. The molecule has 0 unspecified atom stereocenters. The van der Waals surface area contributed by atoms with Crippen molar-refractivity contribution in [3.63, 3.8) is 0 Å². The van der Waals surface area contributed by atoms with Crippen molar-refractivity contribution in [3.05, 3.63) is 126 Å². The summed E-state index contributed by atoms with van der Waals surface area (Å²) < 4.78 is 0. The van der Waals surface area contributed by atoms with E-state index in [-0.39, 0.29) is 16.9 Å². The maximum atomic E-state index is 12.9. The van der Waals surface area contributed by atoms with E-state index in [0.717, 1.165) is 22.3 Å². The number of nitrogens with two attached hydrogens (primary N) is 2. The first-order valence-electron chi connectivity index (χ1n) is 12.2. The molecule has 0 spiro atoms. The minimum Gasteiger partial charge on any atom is -0.507 e. The van der Waals surface area contributed by atoms with Crippen LogP contribution in [0.2, 0.25) is 0 Å². The number of hydrogen-bond donors (Lipinski definition) is 5. The smallest absolute Gasteiger partial charge is 0.259 e. The summed E-state index contributed by atoms with van der Waals surface area (Å²) in [7, 11) is 0. The Bertz CT molecular complexity index is 1630. The quantitative estimate of drug-likeness (QED) is 0.168. The summed E-state index contributed by atoms with van der Waals surface area (Å²) in [6, 6.07) is 33.9. The fourth-order valence-electron chi connectivity index (χ4n) is 4.10. The number of hydrogen-bond acceptors (Lipinski definition) is 5. The number of carbonyl (C=O) groups excluding carboxylic acids is 2. The number of aromatic hydroxyl groups is 1. The molecule has 2 amide bonds. The second kappa shape index (κ2) is 10.8. The predicted octanol–water partition coefficient (Wildman–Crippen LogP) is 6.40. The fourth-order valence-corrected chi connectivity index (χ4v) is 4.10. The van der Waals surface area contributed by atoms with Crippen LogP contribution in [0, 0.1) is 0 Å². The van der Waals surface area contributed by atoms with Gasteiger partial charge in [-0.3, -0.25) is 9.59 Å². The standard InChI is InChI=1S/C32H26N4O3/c33-25-10-1-20(2-11-25)22-5-14-27(15-6-22)35-31(38)24-9-18-30(37)29(19-24)32(39)36-28-16-7-23(8-17-28)21-3-12-26(34)13-4-21/h1-19,37H,33-34H2,(H,35,38)(H,36,39). The van der Waals surface area contributed by atoms with Crippen molar-refractivity contribution < 1.29 is 14.7 Å². The van der Waals surface area contributed by atoms with E-state index in [0.29, 0.717) is 22.7 Å². The van der Waals surface area contributed by atoms with Gasteiger partial charge in [0.25, 0.3) is 11.8 Å². The highest BCUT2D eigenvalue weighted by atomic mass is 16.3. The third kappa shape index (κ3) is 5.89. The average molecular weight is 515 g/mol. The zero-order valence-electron chi connectivity index (χ0n) is 20.9. The lowest BCUT2D eigenvalue weighted by atomic mass is 10.0. The SMILES string of the molecule is Nc1ccc(-c2ccc(NC(=O)c3ccc(O)c(C(=O)Nc4ccc(-c5ccc(N)cc5)cc4)c3)cc2)cc1. The summed E-state index contributed by atoms with van der Waals surface area (Å²) in [5, 5.41) is 15.9. The second-order valence-corrected chi connectivity index (χ2v) is 9.04. The molecular weight excluding hydrogens is 488 g/mol. The van der Waals surface area contributed by atoms with E-state index >= 15 is 0 Å². The van der Waals surface area contributed by atoms with E-state index in [1.807, 2.05) is 72.8 Å². The molecule has 0 radical (unpaired) electrons. The van der Waals surface area contributed by atoms with E-state index in [2.05, 4.69) is 10.6 Å². The van der Waals surface area contributed by atoms with Crippen LogP contribution in [0.3, 0.4) is 0 Å². The first-order chi connectivity index (χ1) is 18.9. The summed E-state index contributed by atoms with van der Waals surface area (Å²) in [6.45, 7) is 0. The minimum atomic E-state index is -0.532. The van der Waals surface area contributed by atoms with Crippen LogP contribution in [0.15, 0.2) is 115 Å². The van der Waals surface area contributed by atoms with Crippen LogP contribution >= 0.6 is 0 Å². The zero-order valence-corrected chi connectivity index (χ0v) is 20.9. The van der Waals surface area contributed by atoms with Gasteiger partial charge in [-0.05, 0) is 89.0 Å². The van der Waals surface area contributed by atoms with Crippen molar-refractivity contribution >= 4 is 34.6 Å². The number of benzene rings is 5. The van der Waals surface area contributed by atoms with Crippen molar-refractivity contribution in [1.29, 1.82) is 0 Å². The normalized spacial score (nSPS) is 10.6. The molecule has 7 heteroatoms. The number of phenolic OH excluding ortho intramolecular Hbond substituents is 1. The lowest BCUT2D eigenvalue weighted by Gasteiger charge is -2.11. The molecule has 0 fully saturated rings. The number of anilines is 4. The Balaban J connectivity index is 1.26. The van der Waals surface area contributed by atoms with Gasteiger partial charge in [-0.15, -0.1) is 0 Å². The predicted molar refractivity (Wildman–Crippen MR) is 157 cm³/mol. The average Bonchev–Trinajstić information content (AvgIpc) is 2.95. The molecule has 0 saturated heterocycles. The molecule has 192 valence electrons. The molecule has 0 heterocycles. The molecular formula is C32H26N4O3. The topological polar surface area (TPSA) is 130 Å². The van der Waals surface area contributed by atoms with Crippen LogP contribution in [0.25, 0.3) is 22.3 Å². The Hall–Kier alpha value is -5.56. The minimum absolute atomic E-state index is 0.0102. The van der Waals surface area contributed by atoms with Gasteiger partial charge in [0.2, 0.25) is 0 Å². The van der Waals surface area contributed by atoms with Gasteiger partial charge in [-0.2, -0.15) is 0 Å². The van der Waals surface area contributed by atoms with E-state index in [1.165, 1.54) is 18.2 Å². The van der Waals surface area contributed by atoms with Crippen LogP contribution in [0.4, 0.5) is 22.7 Å². The number of amides is 2. The molecule has 0 aromatic heterocycles. The number of carbonyl (C=O) groups is 2. The fraction of sp³-hybridized carbons (Fsp3) is 0. The van der Waals surface area contributed by atoms with Gasteiger partial charge in [0.05, 0.1) is 5.56 Å². The van der Waals surface area contributed by atoms with Gasteiger partial charge in [-0.25, -0.2) is 0 Å². The number of rotatable bonds is 6. The Labute approximate surface area is 225 Å². The molecule has 5 aromatic carbocycles. The highest BCUT2D eigenvalue weighted by Crippen LogP contribution is 2.26. The Morgan fingerprint density at radius 3 is 1.33 bits per heavy atom. The van der Waals surface area contributed by atoms with Crippen LogP contribution < -0.4 is 22.1 Å². The summed E-state index contributed by atoms with van der Waals surface area (Å²) >= 11 is 0. The molecule has 39 heavy (non-hydrogen) atoms. The Morgan fingerprint density at radius 2 is 0.897 bits per heavy atom. The molecule has 5 rings (SSSR count). The van der Waals surface area contributed by atoms with Crippen molar-refractivity contribution in [2.45, 2.75) is 0 Å². The summed E-state index contributed by atoms with van der Waals surface area (Å²) in [4.78, 5) is 25.8. The van der Waals surface area contributed by atoms with E-state index < -0.39 is 11.8 Å². The van der Waals surface area contributed by atoms with Gasteiger partial charge in [-0.1, -0.05) is 48.5 Å². The number of nitrogen functional groups attached to an aromatic ring is 2. The van der Waals surface area contributed by atoms with Gasteiger partial charge in [0.1, 0.15) is 5.75 Å². The van der Waals surface area contributed by atoms with E-state index in [4.69, 9.17) is 11.5 Å². The Kier molecular flexibility index (Phi) is 6.96. The molecule has 0 saturated carbocycles. The lowest BCUT2D eigenvalue weighted by molar-refractivity contribution is 0.102. The first-order valence-corrected chi connectivity index (χ1v) is 12.2. The van der Waals surface area contributed by atoms with Gasteiger partial charge in [0.15, 0.2) is 0 Å². The maximum absolute atomic E-state index is 12.9. The van der Waals surface area contributed by atoms with Crippen LogP contribution in [-0.2, 0) is 0 Å². The van der Waals surface area contributed by atoms with Crippen molar-refractivity contribution in [2.75, 3.05) is 22.1 Å². The summed E-state index contributed by atoms with van der Waals surface area (Å²) in [5.41, 5.74) is 18.2. The van der Waals surface area contributed by atoms with Crippen LogP contribution in [-0.4, -0.2) is 16.9 Å². The summed E-state index contributed by atoms with van der Waals surface area (Å²) in [6.07, 6.45) is 0. The van der Waals surface area contributed by atoms with Gasteiger partial charge < -0.3 is 27.2 Å². The number of nitrogens with one attached hydrogen (secondary N) is 2. The molecule has 0 aliphatic heterocycles. The Morgan fingerprint density at radius 1 is 0.513 bits per heavy atom. The van der Waals surface area contributed by atoms with Gasteiger partial charge in [0, 0.05) is 28.3 Å². The van der Waals surface area contributed by atoms with Crippen molar-refractivity contribution in [1.82, 2.24) is 0 Å². The molecule has 7 N–H and O–H groups in total. The molecule has 0 bridgehead atoms. The third-order valence-corrected chi connectivity index (χ3v) is 6.28.